The fourth-order valence-corrected chi connectivity index (χ4v) is 3.58. The summed E-state index contributed by atoms with van der Waals surface area (Å²) >= 11 is 0. The van der Waals surface area contributed by atoms with Crippen molar-refractivity contribution >= 4 is 17.4 Å². The van der Waals surface area contributed by atoms with Gasteiger partial charge in [-0.05, 0) is 19.1 Å². The van der Waals surface area contributed by atoms with Gasteiger partial charge in [0.05, 0.1) is 26.1 Å². The molecule has 4 heterocycles. The van der Waals surface area contributed by atoms with E-state index >= 15 is 0 Å². The van der Waals surface area contributed by atoms with E-state index in [1.807, 2.05) is 44.4 Å². The lowest BCUT2D eigenvalue weighted by Crippen LogP contribution is -2.15. The highest BCUT2D eigenvalue weighted by molar-refractivity contribution is 6.02. The Kier molecular flexibility index (Phi) is 5.57. The number of hydrogen-bond donors (Lipinski definition) is 1. The second-order valence-electron chi connectivity index (χ2n) is 7.81. The number of rotatable bonds is 6. The lowest BCUT2D eigenvalue weighted by Gasteiger charge is -2.05. The maximum Gasteiger partial charge on any atom is 0.320 e. The van der Waals surface area contributed by atoms with E-state index < -0.39 is 5.91 Å². The van der Waals surface area contributed by atoms with Crippen LogP contribution in [0, 0.1) is 6.92 Å². The number of aryl methyl sites for hydroxylation is 2. The molecule has 176 valence electrons. The molecule has 4 aromatic heterocycles. The number of carbonyl (C=O) groups excluding carboxylic acids is 1. The Bertz CT molecular complexity index is 1520. The van der Waals surface area contributed by atoms with Crippen molar-refractivity contribution in [2.45, 2.75) is 6.92 Å². The minimum absolute atomic E-state index is 0.0247. The topological polar surface area (TPSA) is 121 Å². The first-order chi connectivity index (χ1) is 16.9. The molecular weight excluding hydrogens is 448 g/mol. The third-order valence-electron chi connectivity index (χ3n) is 5.30. The lowest BCUT2D eigenvalue weighted by atomic mass is 10.0. The predicted octanol–water partition coefficient (Wildman–Crippen LogP) is 3.16. The van der Waals surface area contributed by atoms with Crippen LogP contribution < -0.4 is 14.8 Å². The van der Waals surface area contributed by atoms with Gasteiger partial charge in [-0.1, -0.05) is 29.8 Å². The number of carbonyl (C=O) groups is 1. The molecule has 0 unspecified atom stereocenters. The number of methoxy groups -OCH3 is 2. The van der Waals surface area contributed by atoms with Crippen LogP contribution in [0.4, 0.5) is 5.82 Å². The molecule has 5 aromatic rings. The Morgan fingerprint density at radius 2 is 1.74 bits per heavy atom. The van der Waals surface area contributed by atoms with E-state index in [-0.39, 0.29) is 17.6 Å². The fraction of sp³-hybridized carbons (Fsp3) is 0.167. The van der Waals surface area contributed by atoms with Gasteiger partial charge in [-0.2, -0.15) is 20.2 Å². The molecule has 0 saturated heterocycles. The maximum atomic E-state index is 12.8. The number of nitrogens with zero attached hydrogens (tertiary/aromatic N) is 7. The Hall–Kier alpha value is -4.80. The van der Waals surface area contributed by atoms with E-state index in [9.17, 15) is 4.79 Å². The Labute approximate surface area is 200 Å². The zero-order chi connectivity index (χ0) is 24.5. The Morgan fingerprint density at radius 3 is 2.49 bits per heavy atom. The summed E-state index contributed by atoms with van der Waals surface area (Å²) in [6.07, 6.45) is 3.56. The molecular formula is C24H22N8O3. The van der Waals surface area contributed by atoms with Crippen LogP contribution in [-0.4, -0.2) is 54.5 Å². The number of fused-ring (bicyclic) bond motifs is 1. The van der Waals surface area contributed by atoms with Gasteiger partial charge < -0.3 is 14.8 Å². The van der Waals surface area contributed by atoms with Gasteiger partial charge in [0.25, 0.3) is 5.91 Å². The Morgan fingerprint density at radius 1 is 0.943 bits per heavy atom. The van der Waals surface area contributed by atoms with E-state index in [0.717, 1.165) is 22.5 Å². The largest absolute Gasteiger partial charge is 0.481 e. The third-order valence-corrected chi connectivity index (χ3v) is 5.30. The molecule has 0 spiro atoms. The average Bonchev–Trinajstić information content (AvgIpc) is 3.46. The summed E-state index contributed by atoms with van der Waals surface area (Å²) in [6, 6.07) is 13.3. The minimum Gasteiger partial charge on any atom is -0.481 e. The summed E-state index contributed by atoms with van der Waals surface area (Å²) < 4.78 is 13.5. The zero-order valence-electron chi connectivity index (χ0n) is 19.6. The molecule has 0 aliphatic heterocycles. The van der Waals surface area contributed by atoms with Crippen LogP contribution in [0.25, 0.3) is 28.2 Å². The van der Waals surface area contributed by atoms with Crippen LogP contribution in [0.5, 0.6) is 11.9 Å². The molecule has 0 fully saturated rings. The smallest absolute Gasteiger partial charge is 0.320 e. The van der Waals surface area contributed by atoms with Crippen LogP contribution in [0.1, 0.15) is 16.1 Å². The second kappa shape index (κ2) is 8.86. The van der Waals surface area contributed by atoms with Crippen LogP contribution in [0.3, 0.4) is 0 Å². The number of ether oxygens (including phenoxy) is 2. The highest BCUT2D eigenvalue weighted by atomic mass is 16.5. The molecule has 11 nitrogen and oxygen atoms in total. The van der Waals surface area contributed by atoms with Crippen molar-refractivity contribution < 1.29 is 14.3 Å². The van der Waals surface area contributed by atoms with Crippen LogP contribution in [0.15, 0.2) is 54.9 Å². The summed E-state index contributed by atoms with van der Waals surface area (Å²) in [5.41, 5.74) is 5.28. The minimum atomic E-state index is -0.485. The van der Waals surface area contributed by atoms with Crippen LogP contribution >= 0.6 is 0 Å². The van der Waals surface area contributed by atoms with Gasteiger partial charge in [0, 0.05) is 30.4 Å². The van der Waals surface area contributed by atoms with Crippen molar-refractivity contribution in [2.24, 2.45) is 7.05 Å². The molecule has 11 heteroatoms. The average molecular weight is 470 g/mol. The summed E-state index contributed by atoms with van der Waals surface area (Å²) in [5, 5.41) is 12.1. The number of aromatic nitrogens is 7. The van der Waals surface area contributed by atoms with Gasteiger partial charge in [0.2, 0.25) is 5.88 Å². The molecule has 1 aromatic carbocycles. The van der Waals surface area contributed by atoms with Crippen molar-refractivity contribution in [3.05, 3.63) is 66.1 Å². The van der Waals surface area contributed by atoms with E-state index in [1.165, 1.54) is 25.8 Å². The summed E-state index contributed by atoms with van der Waals surface area (Å²) in [7, 11) is 4.73. The number of benzene rings is 1. The molecule has 35 heavy (non-hydrogen) atoms. The summed E-state index contributed by atoms with van der Waals surface area (Å²) in [6.45, 7) is 2.05. The van der Waals surface area contributed by atoms with E-state index in [1.54, 1.807) is 15.4 Å². The van der Waals surface area contributed by atoms with E-state index in [0.29, 0.717) is 11.5 Å². The molecule has 5 rings (SSSR count). The molecule has 0 aliphatic carbocycles. The molecule has 0 bridgehead atoms. The molecule has 0 atom stereocenters. The maximum absolute atomic E-state index is 12.8. The summed E-state index contributed by atoms with van der Waals surface area (Å²) in [4.78, 5) is 25.2. The van der Waals surface area contributed by atoms with Crippen molar-refractivity contribution in [1.82, 2.24) is 34.3 Å². The van der Waals surface area contributed by atoms with Crippen molar-refractivity contribution in [2.75, 3.05) is 19.5 Å². The van der Waals surface area contributed by atoms with Gasteiger partial charge in [-0.25, -0.2) is 9.50 Å². The number of hydrogen-bond acceptors (Lipinski definition) is 8. The van der Waals surface area contributed by atoms with Gasteiger partial charge in [-0.15, -0.1) is 0 Å². The molecule has 0 aliphatic rings. The third kappa shape index (κ3) is 4.38. The highest BCUT2D eigenvalue weighted by Gasteiger charge is 2.17. The number of amides is 1. The standard InChI is InChI=1S/C24H22N8O3/c1-14-5-7-15(8-6-14)22-16(12-31(2)30-22)17-9-10-20-26-19(13-32(20)29-17)27-23(33)18-11-21(34-3)28-24(25-18)35-4/h5-13H,1-4H3,(H,27,33). The van der Waals surface area contributed by atoms with Crippen molar-refractivity contribution in [3.8, 4) is 34.4 Å². The number of nitrogens with one attached hydrogen (secondary N) is 1. The Balaban J connectivity index is 1.45. The van der Waals surface area contributed by atoms with E-state index in [2.05, 4.69) is 37.5 Å². The van der Waals surface area contributed by atoms with Crippen molar-refractivity contribution in [3.63, 3.8) is 0 Å². The molecule has 0 saturated carbocycles. The van der Waals surface area contributed by atoms with Crippen LogP contribution in [0.2, 0.25) is 0 Å². The summed E-state index contributed by atoms with van der Waals surface area (Å²) in [5.74, 6) is 0.0480. The predicted molar refractivity (Wildman–Crippen MR) is 128 cm³/mol. The number of anilines is 1. The molecule has 1 amide bonds. The van der Waals surface area contributed by atoms with Gasteiger partial charge in [0.1, 0.15) is 11.4 Å². The lowest BCUT2D eigenvalue weighted by molar-refractivity contribution is 0.102. The van der Waals surface area contributed by atoms with E-state index in [4.69, 9.17) is 14.6 Å². The second-order valence-corrected chi connectivity index (χ2v) is 7.81. The monoisotopic (exact) mass is 470 g/mol. The van der Waals surface area contributed by atoms with Gasteiger partial charge in [0.15, 0.2) is 11.5 Å². The number of imidazole rings is 1. The van der Waals surface area contributed by atoms with Gasteiger partial charge >= 0.3 is 6.01 Å². The fourth-order valence-electron chi connectivity index (χ4n) is 3.58. The first-order valence-electron chi connectivity index (χ1n) is 10.7. The SMILES string of the molecule is COc1cc(C(=O)Nc2cn3nc(-c4cn(C)nc4-c4ccc(C)cc4)ccc3n2)nc(OC)n1. The van der Waals surface area contributed by atoms with Crippen molar-refractivity contribution in [1.29, 1.82) is 0 Å². The van der Waals surface area contributed by atoms with Crippen LogP contribution in [-0.2, 0) is 7.05 Å². The highest BCUT2D eigenvalue weighted by Crippen LogP contribution is 2.30. The normalized spacial score (nSPS) is 11.0. The molecule has 1 N–H and O–H groups in total. The molecule has 0 radical (unpaired) electrons. The van der Waals surface area contributed by atoms with Gasteiger partial charge in [-0.3, -0.25) is 9.48 Å². The zero-order valence-corrected chi connectivity index (χ0v) is 19.6. The quantitative estimate of drug-likeness (QED) is 0.402. The first kappa shape index (κ1) is 22.0. The first-order valence-corrected chi connectivity index (χ1v) is 10.7.